The summed E-state index contributed by atoms with van der Waals surface area (Å²) in [5.41, 5.74) is 6.32. The highest BCUT2D eigenvalue weighted by atomic mass is 79.9. The fourth-order valence-electron chi connectivity index (χ4n) is 1.39. The third-order valence-electron chi connectivity index (χ3n) is 2.26. The van der Waals surface area contributed by atoms with Crippen molar-refractivity contribution in [3.8, 4) is 17.6 Å². The van der Waals surface area contributed by atoms with E-state index in [-0.39, 0.29) is 5.75 Å². The van der Waals surface area contributed by atoms with Gasteiger partial charge in [-0.05, 0) is 30.3 Å². The first-order valence-electron chi connectivity index (χ1n) is 5.02. The Morgan fingerprint density at radius 3 is 2.67 bits per heavy atom. The van der Waals surface area contributed by atoms with Crippen LogP contribution in [0.2, 0.25) is 0 Å². The second-order valence-corrected chi connectivity index (χ2v) is 4.45. The van der Waals surface area contributed by atoms with Crippen LogP contribution in [0.15, 0.2) is 40.9 Å². The lowest BCUT2D eigenvalue weighted by Gasteiger charge is -2.09. The average Bonchev–Trinajstić information content (AvgIpc) is 2.36. The fraction of sp³-hybridized carbons (Fsp3) is 0. The molecule has 2 N–H and O–H groups in total. The van der Waals surface area contributed by atoms with E-state index in [1.807, 2.05) is 6.07 Å². The molecule has 0 heterocycles. The van der Waals surface area contributed by atoms with Gasteiger partial charge in [-0.3, -0.25) is 0 Å². The van der Waals surface area contributed by atoms with E-state index in [0.29, 0.717) is 17.0 Å². The number of nitrogen functional groups attached to an aromatic ring is 1. The van der Waals surface area contributed by atoms with Gasteiger partial charge in [0, 0.05) is 10.5 Å². The number of anilines is 1. The predicted molar refractivity (Wildman–Crippen MR) is 69.7 cm³/mol. The quantitative estimate of drug-likeness (QED) is 0.858. The lowest BCUT2D eigenvalue weighted by atomic mass is 10.2. The summed E-state index contributed by atoms with van der Waals surface area (Å²) in [6.45, 7) is 0. The molecule has 0 atom stereocenters. The zero-order chi connectivity index (χ0) is 13.1. The van der Waals surface area contributed by atoms with Crippen molar-refractivity contribution in [2.45, 2.75) is 0 Å². The largest absolute Gasteiger partial charge is 0.454 e. The zero-order valence-corrected chi connectivity index (χ0v) is 10.7. The summed E-state index contributed by atoms with van der Waals surface area (Å²) < 4.78 is 19.3. The number of nitrogens with zero attached hydrogens (tertiary/aromatic N) is 1. The maximum Gasteiger partial charge on any atom is 0.153 e. The van der Waals surface area contributed by atoms with E-state index in [4.69, 9.17) is 15.7 Å². The monoisotopic (exact) mass is 306 g/mol. The van der Waals surface area contributed by atoms with Crippen molar-refractivity contribution >= 4 is 21.6 Å². The average molecular weight is 307 g/mol. The van der Waals surface area contributed by atoms with Crippen molar-refractivity contribution < 1.29 is 9.13 Å². The number of nitriles is 1. The Kier molecular flexibility index (Phi) is 3.49. The summed E-state index contributed by atoms with van der Waals surface area (Å²) in [7, 11) is 0. The van der Waals surface area contributed by atoms with E-state index in [2.05, 4.69) is 15.9 Å². The molecule has 3 nitrogen and oxygen atoms in total. The minimum atomic E-state index is -0.449. The summed E-state index contributed by atoms with van der Waals surface area (Å²) in [6.07, 6.45) is 0. The molecular formula is C13H8BrFN2O. The van der Waals surface area contributed by atoms with Crippen LogP contribution < -0.4 is 10.5 Å². The number of ether oxygens (including phenoxy) is 1. The summed E-state index contributed by atoms with van der Waals surface area (Å²) in [5, 5.41) is 8.99. The van der Waals surface area contributed by atoms with Crippen molar-refractivity contribution in [2.24, 2.45) is 0 Å². The highest BCUT2D eigenvalue weighted by Crippen LogP contribution is 2.31. The normalized spacial score (nSPS) is 9.83. The molecule has 18 heavy (non-hydrogen) atoms. The Morgan fingerprint density at radius 1 is 1.17 bits per heavy atom. The summed E-state index contributed by atoms with van der Waals surface area (Å²) in [6, 6.07) is 10.8. The van der Waals surface area contributed by atoms with Gasteiger partial charge in [0.25, 0.3) is 0 Å². The first kappa shape index (κ1) is 12.4. The van der Waals surface area contributed by atoms with Gasteiger partial charge in [0.15, 0.2) is 5.75 Å². The first-order valence-corrected chi connectivity index (χ1v) is 5.82. The van der Waals surface area contributed by atoms with Gasteiger partial charge < -0.3 is 10.5 Å². The number of nitrogens with two attached hydrogens (primary N) is 1. The number of hydrogen-bond donors (Lipinski definition) is 1. The van der Waals surface area contributed by atoms with E-state index in [0.717, 1.165) is 4.47 Å². The molecule has 0 spiro atoms. The number of rotatable bonds is 2. The summed E-state index contributed by atoms with van der Waals surface area (Å²) >= 11 is 3.26. The Labute approximate surface area is 112 Å². The molecule has 0 fully saturated rings. The smallest absolute Gasteiger partial charge is 0.153 e. The molecule has 0 bridgehead atoms. The zero-order valence-electron chi connectivity index (χ0n) is 9.15. The SMILES string of the molecule is N#Cc1cc(Br)ccc1Oc1cc(F)ccc1N. The van der Waals surface area contributed by atoms with E-state index < -0.39 is 5.82 Å². The fourth-order valence-corrected chi connectivity index (χ4v) is 1.75. The molecule has 0 unspecified atom stereocenters. The van der Waals surface area contributed by atoms with Gasteiger partial charge in [0.2, 0.25) is 0 Å². The molecular weight excluding hydrogens is 299 g/mol. The minimum absolute atomic E-state index is 0.189. The van der Waals surface area contributed by atoms with Crippen LogP contribution >= 0.6 is 15.9 Å². The highest BCUT2D eigenvalue weighted by Gasteiger charge is 2.08. The van der Waals surface area contributed by atoms with Crippen LogP contribution in [0, 0.1) is 17.1 Å². The number of benzene rings is 2. The molecule has 0 aromatic heterocycles. The second-order valence-electron chi connectivity index (χ2n) is 3.54. The third-order valence-corrected chi connectivity index (χ3v) is 2.75. The molecule has 2 aromatic carbocycles. The Morgan fingerprint density at radius 2 is 1.94 bits per heavy atom. The van der Waals surface area contributed by atoms with Gasteiger partial charge in [-0.25, -0.2) is 4.39 Å². The van der Waals surface area contributed by atoms with E-state index >= 15 is 0 Å². The maximum absolute atomic E-state index is 13.1. The van der Waals surface area contributed by atoms with Crippen molar-refractivity contribution in [1.82, 2.24) is 0 Å². The summed E-state index contributed by atoms with van der Waals surface area (Å²) in [5.74, 6) is 0.0710. The van der Waals surface area contributed by atoms with Crippen LogP contribution in [0.3, 0.4) is 0 Å². The second kappa shape index (κ2) is 5.07. The van der Waals surface area contributed by atoms with Gasteiger partial charge >= 0.3 is 0 Å². The number of halogens is 2. The first-order chi connectivity index (χ1) is 8.60. The van der Waals surface area contributed by atoms with Gasteiger partial charge in [-0.2, -0.15) is 5.26 Å². The van der Waals surface area contributed by atoms with Crippen molar-refractivity contribution in [1.29, 1.82) is 5.26 Å². The lowest BCUT2D eigenvalue weighted by Crippen LogP contribution is -1.94. The molecule has 2 aromatic rings. The van der Waals surface area contributed by atoms with Crippen LogP contribution in [-0.2, 0) is 0 Å². The van der Waals surface area contributed by atoms with Gasteiger partial charge in [0.05, 0.1) is 11.3 Å². The van der Waals surface area contributed by atoms with Crippen molar-refractivity contribution in [2.75, 3.05) is 5.73 Å². The van der Waals surface area contributed by atoms with Gasteiger partial charge in [-0.15, -0.1) is 0 Å². The Bertz CT molecular complexity index is 637. The minimum Gasteiger partial charge on any atom is -0.454 e. The molecule has 0 aliphatic carbocycles. The van der Waals surface area contributed by atoms with Crippen LogP contribution in [-0.4, -0.2) is 0 Å². The van der Waals surface area contributed by atoms with E-state index in [1.54, 1.807) is 18.2 Å². The Hall–Kier alpha value is -2.06. The summed E-state index contributed by atoms with van der Waals surface area (Å²) in [4.78, 5) is 0. The van der Waals surface area contributed by atoms with Crippen LogP contribution in [0.5, 0.6) is 11.5 Å². The van der Waals surface area contributed by atoms with Crippen molar-refractivity contribution in [3.05, 3.63) is 52.3 Å². The van der Waals surface area contributed by atoms with Crippen LogP contribution in [0.25, 0.3) is 0 Å². The third kappa shape index (κ3) is 2.60. The topological polar surface area (TPSA) is 59.0 Å². The van der Waals surface area contributed by atoms with E-state index in [1.165, 1.54) is 18.2 Å². The molecule has 0 radical (unpaired) electrons. The molecule has 2 rings (SSSR count). The Balaban J connectivity index is 2.40. The maximum atomic E-state index is 13.1. The van der Waals surface area contributed by atoms with Crippen molar-refractivity contribution in [3.63, 3.8) is 0 Å². The van der Waals surface area contributed by atoms with Gasteiger partial charge in [0.1, 0.15) is 17.6 Å². The highest BCUT2D eigenvalue weighted by molar-refractivity contribution is 9.10. The molecule has 0 aliphatic heterocycles. The standard InChI is InChI=1S/C13H8BrFN2O/c14-9-1-4-12(8(5-9)7-16)18-13-6-10(15)2-3-11(13)17/h1-6H,17H2. The number of hydrogen-bond acceptors (Lipinski definition) is 3. The van der Waals surface area contributed by atoms with E-state index in [9.17, 15) is 4.39 Å². The van der Waals surface area contributed by atoms with Gasteiger partial charge in [-0.1, -0.05) is 15.9 Å². The molecule has 0 saturated carbocycles. The molecule has 5 heteroatoms. The van der Waals surface area contributed by atoms with Crippen LogP contribution in [0.1, 0.15) is 5.56 Å². The molecule has 0 aliphatic rings. The predicted octanol–water partition coefficient (Wildman–Crippen LogP) is 3.83. The molecule has 0 amide bonds. The molecule has 90 valence electrons. The lowest BCUT2D eigenvalue weighted by molar-refractivity contribution is 0.477. The van der Waals surface area contributed by atoms with Crippen LogP contribution in [0.4, 0.5) is 10.1 Å². The molecule has 0 saturated heterocycles.